The molecule has 0 radical (unpaired) electrons. The maximum atomic E-state index is 12.5. The van der Waals surface area contributed by atoms with Gasteiger partial charge in [-0.3, -0.25) is 9.59 Å². The van der Waals surface area contributed by atoms with Crippen LogP contribution in [0.15, 0.2) is 36.4 Å². The molecule has 0 spiro atoms. The molecule has 1 fully saturated rings. The topological polar surface area (TPSA) is 85.2 Å². The summed E-state index contributed by atoms with van der Waals surface area (Å²) >= 11 is 1.75. The quantitative estimate of drug-likeness (QED) is 0.683. The van der Waals surface area contributed by atoms with Gasteiger partial charge in [0.2, 0.25) is 11.8 Å². The maximum absolute atomic E-state index is 12.5. The number of hydrogen-bond acceptors (Lipinski definition) is 5. The van der Waals surface area contributed by atoms with Gasteiger partial charge in [0.05, 0.1) is 11.8 Å². The molecule has 2 N–H and O–H groups in total. The number of carbonyl (C=O) groups excluding carboxylic acids is 2. The molecule has 4 rings (SSSR count). The molecule has 3 heterocycles. The third-order valence-corrected chi connectivity index (χ3v) is 5.90. The van der Waals surface area contributed by atoms with Gasteiger partial charge in [0.15, 0.2) is 0 Å². The summed E-state index contributed by atoms with van der Waals surface area (Å²) in [4.78, 5) is 24.8. The second kappa shape index (κ2) is 9.28. The summed E-state index contributed by atoms with van der Waals surface area (Å²) in [7, 11) is 0. The first-order valence-electron chi connectivity index (χ1n) is 9.78. The minimum absolute atomic E-state index is 0.0718. The molecule has 1 atom stereocenters. The summed E-state index contributed by atoms with van der Waals surface area (Å²) in [5.41, 5.74) is 2.89. The van der Waals surface area contributed by atoms with Crippen LogP contribution >= 0.6 is 11.8 Å². The second-order valence-electron chi connectivity index (χ2n) is 7.10. The van der Waals surface area contributed by atoms with Gasteiger partial charge in [-0.1, -0.05) is 30.3 Å². The van der Waals surface area contributed by atoms with Crippen molar-refractivity contribution in [3.05, 3.63) is 53.2 Å². The molecule has 0 aliphatic carbocycles. The molecule has 1 saturated heterocycles. The zero-order chi connectivity index (χ0) is 20.1. The monoisotopic (exact) mass is 412 g/mol. The summed E-state index contributed by atoms with van der Waals surface area (Å²) < 4.78 is 7.14. The molecule has 2 aliphatic rings. The number of nitrogens with one attached hydrogen (secondary N) is 2. The molecule has 152 valence electrons. The summed E-state index contributed by atoms with van der Waals surface area (Å²) in [5, 5.41) is 10.4. The molecular formula is C21H24N4O3S. The van der Waals surface area contributed by atoms with E-state index in [1.54, 1.807) is 22.5 Å². The van der Waals surface area contributed by atoms with Crippen LogP contribution in [-0.2, 0) is 32.4 Å². The standard InChI is InChI=1S/C21H24N4O3S/c26-19(9-8-15-5-2-1-3-6-15)23-21-17-13-29-14-18(17)24-25(21)12-20(27)22-11-16-7-4-10-28-16/h1-3,5-6,8-9,16H,4,7,10-14H2,(H,22,27)(H,23,26)/b9-8-/t16-/m1/s1. The van der Waals surface area contributed by atoms with Crippen molar-refractivity contribution < 1.29 is 14.3 Å². The van der Waals surface area contributed by atoms with Crippen molar-refractivity contribution in [1.29, 1.82) is 0 Å². The van der Waals surface area contributed by atoms with Crippen LogP contribution in [0.5, 0.6) is 0 Å². The van der Waals surface area contributed by atoms with E-state index >= 15 is 0 Å². The number of hydrogen-bond donors (Lipinski definition) is 2. The SMILES string of the molecule is O=C(/C=C\c1ccccc1)Nc1c2c(nn1CC(=O)NC[C@H]1CCCO1)CSC2. The number of benzene rings is 1. The zero-order valence-electron chi connectivity index (χ0n) is 16.1. The number of carbonyl (C=O) groups is 2. The predicted molar refractivity (Wildman–Crippen MR) is 113 cm³/mol. The average Bonchev–Trinajstić information content (AvgIpc) is 3.46. The highest BCUT2D eigenvalue weighted by molar-refractivity contribution is 7.98. The van der Waals surface area contributed by atoms with Crippen molar-refractivity contribution >= 4 is 35.5 Å². The lowest BCUT2D eigenvalue weighted by Gasteiger charge is -2.12. The van der Waals surface area contributed by atoms with E-state index in [0.717, 1.165) is 47.8 Å². The Morgan fingerprint density at radius 3 is 2.93 bits per heavy atom. The number of fused-ring (bicyclic) bond motifs is 1. The van der Waals surface area contributed by atoms with Gasteiger partial charge in [-0.15, -0.1) is 0 Å². The molecule has 29 heavy (non-hydrogen) atoms. The van der Waals surface area contributed by atoms with Crippen molar-refractivity contribution in [3.8, 4) is 0 Å². The lowest BCUT2D eigenvalue weighted by Crippen LogP contribution is -2.34. The molecule has 8 heteroatoms. The first-order valence-corrected chi connectivity index (χ1v) is 10.9. The highest BCUT2D eigenvalue weighted by Gasteiger charge is 2.25. The highest BCUT2D eigenvalue weighted by atomic mass is 32.2. The highest BCUT2D eigenvalue weighted by Crippen LogP contribution is 2.34. The van der Waals surface area contributed by atoms with Crippen LogP contribution in [0.3, 0.4) is 0 Å². The van der Waals surface area contributed by atoms with Crippen molar-refractivity contribution in [3.63, 3.8) is 0 Å². The molecule has 0 bridgehead atoms. The van der Waals surface area contributed by atoms with Gasteiger partial charge in [-0.2, -0.15) is 16.9 Å². The number of thioether (sulfide) groups is 1. The Balaban J connectivity index is 1.41. The number of anilines is 1. The normalized spacial score (nSPS) is 18.1. The molecular weight excluding hydrogens is 388 g/mol. The summed E-state index contributed by atoms with van der Waals surface area (Å²) in [6, 6.07) is 9.64. The number of aromatic nitrogens is 2. The largest absolute Gasteiger partial charge is 0.376 e. The van der Waals surface area contributed by atoms with Crippen LogP contribution in [0, 0.1) is 0 Å². The second-order valence-corrected chi connectivity index (χ2v) is 8.08. The van der Waals surface area contributed by atoms with Gasteiger partial charge in [0.1, 0.15) is 12.4 Å². The van der Waals surface area contributed by atoms with E-state index in [1.165, 1.54) is 6.08 Å². The lowest BCUT2D eigenvalue weighted by atomic mass is 10.2. The Kier molecular flexibility index (Phi) is 6.31. The number of ether oxygens (including phenoxy) is 1. The van der Waals surface area contributed by atoms with Gasteiger partial charge < -0.3 is 15.4 Å². The minimum Gasteiger partial charge on any atom is -0.376 e. The van der Waals surface area contributed by atoms with Crippen molar-refractivity contribution in [2.24, 2.45) is 0 Å². The maximum Gasteiger partial charge on any atom is 0.249 e. The van der Waals surface area contributed by atoms with Gasteiger partial charge in [-0.05, 0) is 24.5 Å². The molecule has 0 unspecified atom stereocenters. The molecule has 0 saturated carbocycles. The molecule has 1 aromatic carbocycles. The number of nitrogens with zero attached hydrogens (tertiary/aromatic N) is 2. The van der Waals surface area contributed by atoms with Crippen LogP contribution in [0.2, 0.25) is 0 Å². The number of rotatable bonds is 7. The third-order valence-electron chi connectivity index (χ3n) is 4.93. The fourth-order valence-electron chi connectivity index (χ4n) is 3.44. The molecule has 1 aromatic heterocycles. The van der Waals surface area contributed by atoms with Crippen LogP contribution in [0.4, 0.5) is 5.82 Å². The first-order chi connectivity index (χ1) is 14.2. The van der Waals surface area contributed by atoms with E-state index in [-0.39, 0.29) is 24.5 Å². The first kappa shape index (κ1) is 19.7. The van der Waals surface area contributed by atoms with Crippen LogP contribution in [0.1, 0.15) is 29.7 Å². The van der Waals surface area contributed by atoms with Crippen LogP contribution < -0.4 is 10.6 Å². The Labute approximate surface area is 173 Å². The average molecular weight is 413 g/mol. The molecule has 2 aliphatic heterocycles. The van der Waals surface area contributed by atoms with E-state index in [4.69, 9.17) is 4.74 Å². The van der Waals surface area contributed by atoms with Crippen LogP contribution in [-0.4, -0.2) is 40.9 Å². The Bertz CT molecular complexity index is 904. The smallest absolute Gasteiger partial charge is 0.249 e. The Morgan fingerprint density at radius 1 is 1.28 bits per heavy atom. The zero-order valence-corrected chi connectivity index (χ0v) is 16.9. The van der Waals surface area contributed by atoms with E-state index in [0.29, 0.717) is 12.4 Å². The van der Waals surface area contributed by atoms with Crippen molar-refractivity contribution in [2.45, 2.75) is 37.0 Å². The summed E-state index contributed by atoms with van der Waals surface area (Å²) in [5.74, 6) is 1.81. The molecule has 2 aromatic rings. The van der Waals surface area contributed by atoms with Crippen molar-refractivity contribution in [2.75, 3.05) is 18.5 Å². The predicted octanol–water partition coefficient (Wildman–Crippen LogP) is 2.58. The van der Waals surface area contributed by atoms with Crippen LogP contribution in [0.25, 0.3) is 6.08 Å². The Morgan fingerprint density at radius 2 is 2.14 bits per heavy atom. The van der Waals surface area contributed by atoms with Gasteiger partial charge in [0, 0.05) is 36.3 Å². The van der Waals surface area contributed by atoms with E-state index in [2.05, 4.69) is 15.7 Å². The van der Waals surface area contributed by atoms with Gasteiger partial charge >= 0.3 is 0 Å². The lowest BCUT2D eigenvalue weighted by molar-refractivity contribution is -0.122. The Hall–Kier alpha value is -2.58. The summed E-state index contributed by atoms with van der Waals surface area (Å²) in [6.07, 6.45) is 5.37. The number of amides is 2. The summed E-state index contributed by atoms with van der Waals surface area (Å²) in [6.45, 7) is 1.34. The third kappa shape index (κ3) is 5.07. The molecule has 7 nitrogen and oxygen atoms in total. The minimum atomic E-state index is -0.241. The van der Waals surface area contributed by atoms with E-state index in [9.17, 15) is 9.59 Å². The van der Waals surface area contributed by atoms with Gasteiger partial charge in [0.25, 0.3) is 0 Å². The fraction of sp³-hybridized carbons (Fsp3) is 0.381. The van der Waals surface area contributed by atoms with E-state index in [1.807, 2.05) is 30.3 Å². The van der Waals surface area contributed by atoms with Gasteiger partial charge in [-0.25, -0.2) is 4.68 Å². The van der Waals surface area contributed by atoms with Crippen molar-refractivity contribution in [1.82, 2.24) is 15.1 Å². The fourth-order valence-corrected chi connectivity index (χ4v) is 4.47. The molecule has 2 amide bonds. The van der Waals surface area contributed by atoms with E-state index < -0.39 is 0 Å².